The Morgan fingerprint density at radius 1 is 1.05 bits per heavy atom. The van der Waals surface area contributed by atoms with E-state index < -0.39 is 0 Å². The molecular weight excluding hydrogens is 379 g/mol. The van der Waals surface area contributed by atoms with Gasteiger partial charge in [-0.1, -0.05) is 0 Å². The van der Waals surface area contributed by atoms with Gasteiger partial charge in [0.1, 0.15) is 0 Å². The van der Waals surface area contributed by atoms with E-state index in [1.807, 2.05) is 29.2 Å². The van der Waals surface area contributed by atoms with Gasteiger partial charge in [0.15, 0.2) is 0 Å². The summed E-state index contributed by atoms with van der Waals surface area (Å²) < 4.78 is 6.57. The van der Waals surface area contributed by atoms with Crippen LogP contribution >= 0.6 is 22.6 Å². The molecule has 2 aliphatic rings. The molecule has 0 spiro atoms. The first-order valence-corrected chi connectivity index (χ1v) is 8.68. The molecule has 4 nitrogen and oxygen atoms in total. The average molecular weight is 400 g/mol. The minimum absolute atomic E-state index is 0.173. The van der Waals surface area contributed by atoms with Gasteiger partial charge in [0, 0.05) is 41.4 Å². The predicted molar refractivity (Wildman–Crippen MR) is 90.5 cm³/mol. The molecule has 114 valence electrons. The molecule has 0 bridgehead atoms. The lowest BCUT2D eigenvalue weighted by molar-refractivity contribution is 0.00159. The molecule has 3 rings (SSSR count). The molecule has 0 radical (unpaired) electrons. The standard InChI is InChI=1S/C16H21IN2O2/c17-14-3-1-13(2-4-14)16(20)19-7-5-15(6-8-19)18-9-11-21-12-10-18/h1-4,15H,5-12H2. The number of piperidine rings is 1. The molecule has 21 heavy (non-hydrogen) atoms. The molecule has 1 aromatic rings. The number of rotatable bonds is 2. The summed E-state index contributed by atoms with van der Waals surface area (Å²) in [6.07, 6.45) is 2.16. The van der Waals surface area contributed by atoms with Crippen molar-refractivity contribution in [1.82, 2.24) is 9.80 Å². The van der Waals surface area contributed by atoms with E-state index in [1.54, 1.807) is 0 Å². The monoisotopic (exact) mass is 400 g/mol. The second kappa shape index (κ2) is 7.07. The van der Waals surface area contributed by atoms with Crippen LogP contribution in [0.2, 0.25) is 0 Å². The molecule has 0 saturated carbocycles. The molecule has 0 aliphatic carbocycles. The maximum Gasteiger partial charge on any atom is 0.253 e. The van der Waals surface area contributed by atoms with Crippen LogP contribution in [0.4, 0.5) is 0 Å². The van der Waals surface area contributed by atoms with Crippen molar-refractivity contribution in [3.05, 3.63) is 33.4 Å². The highest BCUT2D eigenvalue weighted by Crippen LogP contribution is 2.19. The van der Waals surface area contributed by atoms with Crippen LogP contribution in [0.15, 0.2) is 24.3 Å². The first-order valence-electron chi connectivity index (χ1n) is 7.61. The van der Waals surface area contributed by atoms with Gasteiger partial charge in [-0.3, -0.25) is 9.69 Å². The summed E-state index contributed by atoms with van der Waals surface area (Å²) in [6, 6.07) is 8.47. The maximum absolute atomic E-state index is 12.5. The molecule has 0 N–H and O–H groups in total. The van der Waals surface area contributed by atoms with Gasteiger partial charge in [0.25, 0.3) is 5.91 Å². The van der Waals surface area contributed by atoms with Crippen molar-refractivity contribution in [3.8, 4) is 0 Å². The fourth-order valence-electron chi connectivity index (χ4n) is 3.15. The highest BCUT2D eigenvalue weighted by molar-refractivity contribution is 14.1. The lowest BCUT2D eigenvalue weighted by Gasteiger charge is -2.40. The van der Waals surface area contributed by atoms with Crippen LogP contribution in [-0.4, -0.2) is 61.1 Å². The van der Waals surface area contributed by atoms with E-state index in [1.165, 1.54) is 0 Å². The smallest absolute Gasteiger partial charge is 0.253 e. The molecule has 2 aliphatic heterocycles. The number of carbonyl (C=O) groups excluding carboxylic acids is 1. The van der Waals surface area contributed by atoms with E-state index >= 15 is 0 Å². The third kappa shape index (κ3) is 3.76. The Balaban J connectivity index is 1.55. The van der Waals surface area contributed by atoms with Gasteiger partial charge >= 0.3 is 0 Å². The minimum atomic E-state index is 0.173. The van der Waals surface area contributed by atoms with E-state index in [9.17, 15) is 4.79 Å². The largest absolute Gasteiger partial charge is 0.379 e. The summed E-state index contributed by atoms with van der Waals surface area (Å²) in [7, 11) is 0. The Kier molecular flexibility index (Phi) is 5.13. The minimum Gasteiger partial charge on any atom is -0.379 e. The topological polar surface area (TPSA) is 32.8 Å². The average Bonchev–Trinajstić information content (AvgIpc) is 2.56. The van der Waals surface area contributed by atoms with Crippen molar-refractivity contribution in [2.24, 2.45) is 0 Å². The summed E-state index contributed by atoms with van der Waals surface area (Å²) >= 11 is 2.26. The van der Waals surface area contributed by atoms with Crippen molar-refractivity contribution in [2.45, 2.75) is 18.9 Å². The predicted octanol–water partition coefficient (Wildman–Crippen LogP) is 2.23. The van der Waals surface area contributed by atoms with Gasteiger partial charge in [-0.05, 0) is 59.7 Å². The van der Waals surface area contributed by atoms with Crippen LogP contribution in [0.1, 0.15) is 23.2 Å². The van der Waals surface area contributed by atoms with E-state index in [0.29, 0.717) is 6.04 Å². The zero-order chi connectivity index (χ0) is 14.7. The number of halogens is 1. The first-order chi connectivity index (χ1) is 10.2. The zero-order valence-electron chi connectivity index (χ0n) is 12.1. The first kappa shape index (κ1) is 15.2. The number of carbonyl (C=O) groups is 1. The van der Waals surface area contributed by atoms with Crippen LogP contribution in [-0.2, 0) is 4.74 Å². The Bertz CT molecular complexity index is 478. The number of amides is 1. The van der Waals surface area contributed by atoms with Crippen molar-refractivity contribution >= 4 is 28.5 Å². The zero-order valence-corrected chi connectivity index (χ0v) is 14.3. The van der Waals surface area contributed by atoms with Crippen molar-refractivity contribution < 1.29 is 9.53 Å². The van der Waals surface area contributed by atoms with Crippen molar-refractivity contribution in [1.29, 1.82) is 0 Å². The molecule has 5 heteroatoms. The molecule has 2 fully saturated rings. The van der Waals surface area contributed by atoms with Crippen LogP contribution in [0, 0.1) is 3.57 Å². The van der Waals surface area contributed by atoms with E-state index in [-0.39, 0.29) is 5.91 Å². The van der Waals surface area contributed by atoms with Gasteiger partial charge in [-0.25, -0.2) is 0 Å². The fraction of sp³-hybridized carbons (Fsp3) is 0.562. The highest BCUT2D eigenvalue weighted by atomic mass is 127. The van der Waals surface area contributed by atoms with Crippen LogP contribution in [0.25, 0.3) is 0 Å². The lowest BCUT2D eigenvalue weighted by atomic mass is 10.0. The normalized spacial score (nSPS) is 21.5. The second-order valence-electron chi connectivity index (χ2n) is 5.68. The SMILES string of the molecule is O=C(c1ccc(I)cc1)N1CCC(N2CCOCC2)CC1. The van der Waals surface area contributed by atoms with Gasteiger partial charge in [-0.15, -0.1) is 0 Å². The summed E-state index contributed by atoms with van der Waals surface area (Å²) in [4.78, 5) is 17.0. The third-order valence-electron chi connectivity index (χ3n) is 4.40. The second-order valence-corrected chi connectivity index (χ2v) is 6.92. The summed E-state index contributed by atoms with van der Waals surface area (Å²) in [6.45, 7) is 5.51. The number of morpholine rings is 1. The molecule has 2 heterocycles. The van der Waals surface area contributed by atoms with Gasteiger partial charge in [0.2, 0.25) is 0 Å². The molecule has 2 saturated heterocycles. The highest BCUT2D eigenvalue weighted by Gasteiger charge is 2.28. The Hall–Kier alpha value is -0.660. The Morgan fingerprint density at radius 2 is 1.67 bits per heavy atom. The van der Waals surface area contributed by atoms with Crippen molar-refractivity contribution in [2.75, 3.05) is 39.4 Å². The van der Waals surface area contributed by atoms with Gasteiger partial charge < -0.3 is 9.64 Å². The molecule has 1 amide bonds. The molecule has 0 unspecified atom stereocenters. The van der Waals surface area contributed by atoms with Crippen LogP contribution in [0.3, 0.4) is 0 Å². The van der Waals surface area contributed by atoms with Gasteiger partial charge in [-0.2, -0.15) is 0 Å². The third-order valence-corrected chi connectivity index (χ3v) is 5.12. The number of hydrogen-bond donors (Lipinski definition) is 0. The maximum atomic E-state index is 12.5. The summed E-state index contributed by atoms with van der Waals surface area (Å²) in [5.74, 6) is 0.173. The number of ether oxygens (including phenoxy) is 1. The van der Waals surface area contributed by atoms with Crippen LogP contribution < -0.4 is 0 Å². The number of hydrogen-bond acceptors (Lipinski definition) is 3. The van der Waals surface area contributed by atoms with E-state index in [0.717, 1.165) is 61.4 Å². The number of likely N-dealkylation sites (tertiary alicyclic amines) is 1. The molecule has 0 atom stereocenters. The molecule has 0 aromatic heterocycles. The van der Waals surface area contributed by atoms with Crippen molar-refractivity contribution in [3.63, 3.8) is 0 Å². The summed E-state index contributed by atoms with van der Waals surface area (Å²) in [5, 5.41) is 0. The fourth-order valence-corrected chi connectivity index (χ4v) is 3.51. The lowest BCUT2D eigenvalue weighted by Crippen LogP contribution is -2.50. The Morgan fingerprint density at radius 3 is 2.29 bits per heavy atom. The molecule has 1 aromatic carbocycles. The van der Waals surface area contributed by atoms with E-state index in [2.05, 4.69) is 27.5 Å². The quantitative estimate of drug-likeness (QED) is 0.714. The number of benzene rings is 1. The van der Waals surface area contributed by atoms with E-state index in [4.69, 9.17) is 4.74 Å². The number of nitrogens with zero attached hydrogens (tertiary/aromatic N) is 2. The van der Waals surface area contributed by atoms with Crippen LogP contribution in [0.5, 0.6) is 0 Å². The Labute approximate surface area is 139 Å². The molecular formula is C16H21IN2O2. The summed E-state index contributed by atoms with van der Waals surface area (Å²) in [5.41, 5.74) is 0.806. The van der Waals surface area contributed by atoms with Gasteiger partial charge in [0.05, 0.1) is 13.2 Å².